The molecule has 0 bridgehead atoms. The first-order valence-corrected chi connectivity index (χ1v) is 25.8. The fourth-order valence-corrected chi connectivity index (χ4v) is 8.24. The molecule has 0 spiro atoms. The highest BCUT2D eigenvalue weighted by atomic mass is 16.7. The molecule has 11 atom stereocenters. The van der Waals surface area contributed by atoms with Crippen molar-refractivity contribution in [2.24, 2.45) is 0 Å². The molecule has 15 nitrogen and oxygen atoms in total. The molecule has 0 aliphatic carbocycles. The molecule has 0 aromatic rings. The van der Waals surface area contributed by atoms with E-state index in [0.29, 0.717) is 12.8 Å². The summed E-state index contributed by atoms with van der Waals surface area (Å²) in [5.74, 6) is -0.972. The minimum Gasteiger partial charge on any atom is -0.462 e. The van der Waals surface area contributed by atoms with Gasteiger partial charge in [-0.1, -0.05) is 174 Å². The molecule has 0 saturated carbocycles. The molecule has 65 heavy (non-hydrogen) atoms. The van der Waals surface area contributed by atoms with Gasteiger partial charge in [-0.3, -0.25) is 9.59 Å². The van der Waals surface area contributed by atoms with Crippen molar-refractivity contribution < 1.29 is 73.8 Å². The van der Waals surface area contributed by atoms with Crippen molar-refractivity contribution in [1.82, 2.24) is 0 Å². The van der Waals surface area contributed by atoms with Crippen LogP contribution in [0.2, 0.25) is 0 Å². The quantitative estimate of drug-likeness (QED) is 0.0187. The minimum atomic E-state index is -1.77. The van der Waals surface area contributed by atoms with E-state index in [9.17, 15) is 45.3 Å². The van der Waals surface area contributed by atoms with Gasteiger partial charge in [-0.15, -0.1) is 0 Å². The number of aliphatic hydroxyl groups excluding tert-OH is 7. The summed E-state index contributed by atoms with van der Waals surface area (Å²) < 4.78 is 33.5. The molecule has 2 saturated heterocycles. The zero-order valence-electron chi connectivity index (χ0n) is 40.2. The summed E-state index contributed by atoms with van der Waals surface area (Å²) in [5, 5.41) is 72.0. The zero-order valence-corrected chi connectivity index (χ0v) is 40.2. The van der Waals surface area contributed by atoms with E-state index in [-0.39, 0.29) is 19.4 Å². The number of carbonyl (C=O) groups excluding carboxylic acids is 2. The summed E-state index contributed by atoms with van der Waals surface area (Å²) in [6, 6.07) is 0. The molecular formula is C50H92O15. The molecule has 0 radical (unpaired) electrons. The Morgan fingerprint density at radius 2 is 0.908 bits per heavy atom. The summed E-state index contributed by atoms with van der Waals surface area (Å²) in [4.78, 5) is 25.7. The van der Waals surface area contributed by atoms with Crippen molar-refractivity contribution in [3.8, 4) is 0 Å². The van der Waals surface area contributed by atoms with E-state index >= 15 is 0 Å². The van der Waals surface area contributed by atoms with Crippen LogP contribution in [0.4, 0.5) is 0 Å². The van der Waals surface area contributed by atoms with E-state index in [2.05, 4.69) is 19.9 Å². The van der Waals surface area contributed by atoms with Crippen LogP contribution in [0.25, 0.3) is 0 Å². The monoisotopic (exact) mass is 933 g/mol. The third-order valence-corrected chi connectivity index (χ3v) is 12.5. The van der Waals surface area contributed by atoms with Crippen molar-refractivity contribution in [2.45, 2.75) is 268 Å². The predicted molar refractivity (Wildman–Crippen MR) is 248 cm³/mol. The first-order chi connectivity index (χ1) is 31.5. The van der Waals surface area contributed by atoms with Gasteiger partial charge in [0.1, 0.15) is 55.4 Å². The van der Waals surface area contributed by atoms with Gasteiger partial charge < -0.3 is 64.2 Å². The van der Waals surface area contributed by atoms with Gasteiger partial charge >= 0.3 is 11.9 Å². The molecular weight excluding hydrogens is 841 g/mol. The number of rotatable bonds is 40. The molecule has 2 heterocycles. The van der Waals surface area contributed by atoms with E-state index < -0.39 is 99.3 Å². The van der Waals surface area contributed by atoms with Gasteiger partial charge in [0, 0.05) is 12.8 Å². The van der Waals surface area contributed by atoms with E-state index in [4.69, 9.17) is 28.4 Å². The van der Waals surface area contributed by atoms with Gasteiger partial charge in [0.25, 0.3) is 0 Å². The fourth-order valence-electron chi connectivity index (χ4n) is 8.24. The number of esters is 2. The first kappa shape index (κ1) is 59.4. The van der Waals surface area contributed by atoms with Crippen LogP contribution in [0.1, 0.15) is 200 Å². The van der Waals surface area contributed by atoms with Crippen LogP contribution < -0.4 is 0 Å². The molecule has 2 fully saturated rings. The van der Waals surface area contributed by atoms with E-state index in [1.54, 1.807) is 0 Å². The van der Waals surface area contributed by atoms with E-state index in [0.717, 1.165) is 32.1 Å². The second-order valence-corrected chi connectivity index (χ2v) is 18.4. The lowest BCUT2D eigenvalue weighted by atomic mass is 9.98. The van der Waals surface area contributed by atoms with E-state index in [1.807, 2.05) is 6.08 Å². The van der Waals surface area contributed by atoms with E-state index in [1.165, 1.54) is 128 Å². The second kappa shape index (κ2) is 38.1. The summed E-state index contributed by atoms with van der Waals surface area (Å²) in [7, 11) is 0. The van der Waals surface area contributed by atoms with Crippen molar-refractivity contribution in [1.29, 1.82) is 0 Å². The molecule has 382 valence electrons. The van der Waals surface area contributed by atoms with Crippen LogP contribution in [0.15, 0.2) is 12.2 Å². The smallest absolute Gasteiger partial charge is 0.306 e. The number of unbranched alkanes of at least 4 members (excludes halogenated alkanes) is 24. The number of carbonyl (C=O) groups is 2. The third kappa shape index (κ3) is 26.5. The summed E-state index contributed by atoms with van der Waals surface area (Å²) >= 11 is 0. The highest BCUT2D eigenvalue weighted by molar-refractivity contribution is 5.70. The van der Waals surface area contributed by atoms with Gasteiger partial charge in [0.15, 0.2) is 18.7 Å². The average molecular weight is 933 g/mol. The highest BCUT2D eigenvalue weighted by Gasteiger charge is 2.47. The summed E-state index contributed by atoms with van der Waals surface area (Å²) in [5.41, 5.74) is 0. The topological polar surface area (TPSA) is 231 Å². The van der Waals surface area contributed by atoms with Crippen LogP contribution in [-0.2, 0) is 38.0 Å². The maximum absolute atomic E-state index is 13.0. The average Bonchev–Trinajstić information content (AvgIpc) is 3.30. The molecule has 2 aliphatic heterocycles. The van der Waals surface area contributed by atoms with Gasteiger partial charge in [0.2, 0.25) is 0 Å². The van der Waals surface area contributed by atoms with Crippen molar-refractivity contribution in [2.75, 3.05) is 26.4 Å². The normalized spacial score (nSPS) is 26.4. The number of allylic oxidation sites excluding steroid dienone is 2. The summed E-state index contributed by atoms with van der Waals surface area (Å²) in [6.45, 7) is 2.57. The Morgan fingerprint density at radius 1 is 0.477 bits per heavy atom. The lowest BCUT2D eigenvalue weighted by Gasteiger charge is -2.42. The number of hydrogen-bond donors (Lipinski definition) is 7. The highest BCUT2D eigenvalue weighted by Crippen LogP contribution is 2.26. The largest absolute Gasteiger partial charge is 0.462 e. The maximum atomic E-state index is 13.0. The zero-order chi connectivity index (χ0) is 47.5. The molecule has 7 N–H and O–H groups in total. The lowest BCUT2D eigenvalue weighted by molar-refractivity contribution is -0.332. The van der Waals surface area contributed by atoms with Crippen molar-refractivity contribution in [3.05, 3.63) is 12.2 Å². The van der Waals surface area contributed by atoms with Crippen molar-refractivity contribution >= 4 is 11.9 Å². The number of hydrogen-bond acceptors (Lipinski definition) is 15. The van der Waals surface area contributed by atoms with Gasteiger partial charge in [-0.05, 0) is 25.7 Å². The Morgan fingerprint density at radius 3 is 1.42 bits per heavy atom. The molecule has 15 heteroatoms. The second-order valence-electron chi connectivity index (χ2n) is 18.4. The fraction of sp³-hybridized carbons (Fsp3) is 0.920. The third-order valence-electron chi connectivity index (χ3n) is 12.5. The Kier molecular flexibility index (Phi) is 34.8. The Hall–Kier alpha value is -1.76. The molecule has 0 aromatic heterocycles. The Balaban J connectivity index is 1.82. The van der Waals surface area contributed by atoms with Crippen LogP contribution in [0, 0.1) is 0 Å². The van der Waals surface area contributed by atoms with Crippen LogP contribution in [-0.4, -0.2) is 142 Å². The standard InChI is InChI=1S/C50H92O15/c1-3-5-7-9-11-13-15-17-19-21-23-25-27-29-31-33-42(53)63-38(35-60-41(52)32-30-28-26-24-22-20-18-16-14-12-10-8-6-4-2)36-61-49-48(59)46(57)44(55)40(65-49)37-62-50-47(58)45(56)43(54)39(34-51)64-50/h27,29,38-40,43-51,54-59H,3-26,28,30-37H2,1-2H3/b29-27+/t38-,39-,40-,43+,44+,45?,46?,47?,48?,49-,50-/m1/s1. The SMILES string of the molecule is CCCCCCCCCCCCC/C=C/CCC(=O)O[C@H](COC(=O)CCCCCCCCCCCCCCCC)CO[C@@H]1O[C@H](CO[C@@H]2O[C@H](CO)[C@H](O)C(O)C2O)[C@H](O)C(O)C1O. The number of ether oxygens (including phenoxy) is 6. The van der Waals surface area contributed by atoms with Gasteiger partial charge in [-0.25, -0.2) is 0 Å². The molecule has 4 unspecified atom stereocenters. The van der Waals surface area contributed by atoms with Crippen LogP contribution in [0.5, 0.6) is 0 Å². The first-order valence-electron chi connectivity index (χ1n) is 25.8. The predicted octanol–water partition coefficient (Wildman–Crippen LogP) is 6.99. The molecule has 2 aliphatic rings. The minimum absolute atomic E-state index is 0.0864. The van der Waals surface area contributed by atoms with Crippen molar-refractivity contribution in [3.63, 3.8) is 0 Å². The van der Waals surface area contributed by atoms with Gasteiger partial charge in [-0.2, -0.15) is 0 Å². The Labute approximate surface area is 390 Å². The summed E-state index contributed by atoms with van der Waals surface area (Å²) in [6.07, 6.45) is 19.7. The van der Waals surface area contributed by atoms with Crippen LogP contribution >= 0.6 is 0 Å². The molecule has 2 rings (SSSR count). The maximum Gasteiger partial charge on any atom is 0.306 e. The lowest BCUT2D eigenvalue weighted by Crippen LogP contribution is -2.61. The molecule has 0 amide bonds. The number of aliphatic hydroxyl groups is 7. The van der Waals surface area contributed by atoms with Crippen LogP contribution in [0.3, 0.4) is 0 Å². The van der Waals surface area contributed by atoms with Gasteiger partial charge in [0.05, 0.1) is 19.8 Å². The molecule has 0 aromatic carbocycles. The Bertz CT molecular complexity index is 1190.